The van der Waals surface area contributed by atoms with Crippen molar-refractivity contribution in [1.82, 2.24) is 10.2 Å². The van der Waals surface area contributed by atoms with Gasteiger partial charge in [-0.25, -0.2) is 4.39 Å². The average molecular weight is 339 g/mol. The zero-order valence-corrected chi connectivity index (χ0v) is 15.3. The van der Waals surface area contributed by atoms with Gasteiger partial charge in [-0.15, -0.1) is 6.58 Å². The van der Waals surface area contributed by atoms with Crippen LogP contribution in [-0.4, -0.2) is 44.0 Å². The summed E-state index contributed by atoms with van der Waals surface area (Å²) in [5.41, 5.74) is 0. The Morgan fingerprint density at radius 3 is 2.71 bits per heavy atom. The molecule has 138 valence electrons. The number of hydrogen-bond acceptors (Lipinski definition) is 3. The van der Waals surface area contributed by atoms with Crippen LogP contribution in [0.15, 0.2) is 37.1 Å². The monoisotopic (exact) mass is 338 g/mol. The van der Waals surface area contributed by atoms with E-state index < -0.39 is 6.86 Å². The van der Waals surface area contributed by atoms with Crippen LogP contribution in [-0.2, 0) is 4.74 Å². The fourth-order valence-electron chi connectivity index (χ4n) is 3.11. The van der Waals surface area contributed by atoms with Crippen molar-refractivity contribution in [3.8, 4) is 0 Å². The quantitative estimate of drug-likeness (QED) is 0.397. The molecule has 0 unspecified atom stereocenters. The number of piperidine rings is 1. The number of nitrogens with zero attached hydrogens (tertiary/aromatic N) is 1. The normalized spacial score (nSPS) is 18.9. The maximum Gasteiger partial charge on any atom is 0.227 e. The molecule has 0 aromatic rings. The molecule has 0 bridgehead atoms. The summed E-state index contributed by atoms with van der Waals surface area (Å²) >= 11 is 0. The van der Waals surface area contributed by atoms with Crippen LogP contribution in [0.4, 0.5) is 4.39 Å². The van der Waals surface area contributed by atoms with Crippen LogP contribution < -0.4 is 5.32 Å². The summed E-state index contributed by atoms with van der Waals surface area (Å²) in [6, 6.07) is 0.567. The summed E-state index contributed by atoms with van der Waals surface area (Å²) in [7, 11) is 0. The van der Waals surface area contributed by atoms with E-state index in [0.717, 1.165) is 19.5 Å². The molecular formula is C20H35FN2O. The molecule has 0 spiro atoms. The Morgan fingerprint density at radius 1 is 1.25 bits per heavy atom. The highest BCUT2D eigenvalue weighted by molar-refractivity contribution is 5.01. The first kappa shape index (κ1) is 20.9. The van der Waals surface area contributed by atoms with Gasteiger partial charge in [0.25, 0.3) is 0 Å². The zero-order valence-electron chi connectivity index (χ0n) is 15.3. The van der Waals surface area contributed by atoms with Crippen molar-refractivity contribution < 1.29 is 9.13 Å². The first-order valence-electron chi connectivity index (χ1n) is 9.37. The van der Waals surface area contributed by atoms with Gasteiger partial charge in [0.1, 0.15) is 0 Å². The third kappa shape index (κ3) is 9.89. The number of hydrogen-bond donors (Lipinski definition) is 1. The third-order valence-electron chi connectivity index (χ3n) is 4.44. The van der Waals surface area contributed by atoms with Crippen LogP contribution in [0.5, 0.6) is 0 Å². The van der Waals surface area contributed by atoms with Gasteiger partial charge in [0.15, 0.2) is 0 Å². The summed E-state index contributed by atoms with van der Waals surface area (Å²) in [6.45, 7) is 9.88. The predicted molar refractivity (Wildman–Crippen MR) is 101 cm³/mol. The molecule has 1 saturated heterocycles. The largest absolute Gasteiger partial charge is 0.471 e. The third-order valence-corrected chi connectivity index (χ3v) is 4.44. The van der Waals surface area contributed by atoms with Gasteiger partial charge in [-0.05, 0) is 50.8 Å². The second kappa shape index (κ2) is 14.2. The molecule has 0 aromatic carbocycles. The van der Waals surface area contributed by atoms with Gasteiger partial charge in [0.05, 0.1) is 6.26 Å². The maximum absolute atomic E-state index is 11.8. The van der Waals surface area contributed by atoms with E-state index in [9.17, 15) is 4.39 Å². The minimum atomic E-state index is -0.773. The molecule has 1 rings (SSSR count). The molecule has 1 fully saturated rings. The Kier molecular flexibility index (Phi) is 12.4. The number of nitrogens with one attached hydrogen (secondary N) is 1. The molecule has 4 heteroatoms. The Balaban J connectivity index is 2.29. The van der Waals surface area contributed by atoms with Crippen LogP contribution in [0.1, 0.15) is 45.4 Å². The van der Waals surface area contributed by atoms with E-state index in [0.29, 0.717) is 6.04 Å². The lowest BCUT2D eigenvalue weighted by Gasteiger charge is -2.30. The van der Waals surface area contributed by atoms with Crippen molar-refractivity contribution in [1.29, 1.82) is 0 Å². The molecule has 1 aliphatic rings. The van der Waals surface area contributed by atoms with E-state index in [1.807, 2.05) is 12.2 Å². The SMILES string of the molecule is C=C[C@@H](/C=C/CN[C@@H](CCC)CN1CCCCC1)C/C=C/OCF. The second-order valence-corrected chi connectivity index (χ2v) is 6.47. The van der Waals surface area contributed by atoms with E-state index >= 15 is 0 Å². The van der Waals surface area contributed by atoms with E-state index in [4.69, 9.17) is 0 Å². The fraction of sp³-hybridized carbons (Fsp3) is 0.700. The Bertz CT molecular complexity index is 365. The summed E-state index contributed by atoms with van der Waals surface area (Å²) in [6.07, 6.45) is 16.8. The molecule has 2 atom stereocenters. The number of likely N-dealkylation sites (tertiary alicyclic amines) is 1. The van der Waals surface area contributed by atoms with Crippen LogP contribution in [0.25, 0.3) is 0 Å². The first-order chi connectivity index (χ1) is 11.8. The van der Waals surface area contributed by atoms with Gasteiger partial charge in [0, 0.05) is 19.1 Å². The molecule has 0 saturated carbocycles. The van der Waals surface area contributed by atoms with Crippen molar-refractivity contribution in [2.24, 2.45) is 5.92 Å². The molecule has 0 amide bonds. The van der Waals surface area contributed by atoms with Gasteiger partial charge in [-0.1, -0.05) is 38.0 Å². The van der Waals surface area contributed by atoms with Crippen LogP contribution in [0, 0.1) is 5.92 Å². The highest BCUT2D eigenvalue weighted by Crippen LogP contribution is 2.11. The van der Waals surface area contributed by atoms with Crippen LogP contribution >= 0.6 is 0 Å². The first-order valence-corrected chi connectivity index (χ1v) is 9.37. The highest BCUT2D eigenvalue weighted by Gasteiger charge is 2.15. The summed E-state index contributed by atoms with van der Waals surface area (Å²) in [5.74, 6) is 0.262. The topological polar surface area (TPSA) is 24.5 Å². The highest BCUT2D eigenvalue weighted by atomic mass is 19.1. The fourth-order valence-corrected chi connectivity index (χ4v) is 3.11. The van der Waals surface area contributed by atoms with Gasteiger partial charge in [-0.2, -0.15) is 0 Å². The summed E-state index contributed by atoms with van der Waals surface area (Å²) < 4.78 is 16.4. The number of allylic oxidation sites excluding steroid dienone is 3. The smallest absolute Gasteiger partial charge is 0.227 e. The number of ether oxygens (including phenoxy) is 1. The number of alkyl halides is 1. The maximum atomic E-state index is 11.8. The van der Waals surface area contributed by atoms with Crippen molar-refractivity contribution in [2.45, 2.75) is 51.5 Å². The standard InChI is InChI=1S/C20H35FN2O/c1-3-10-20(17-23-14-6-5-7-15-23)22-13-8-11-19(4-2)12-9-16-24-18-21/h4,8-9,11,16,19-20,22H,2-3,5-7,10,12-15,17-18H2,1H3/b11-8+,16-9+/t19-,20-/m0/s1. The average Bonchev–Trinajstić information content (AvgIpc) is 2.61. The number of rotatable bonds is 13. The van der Waals surface area contributed by atoms with Crippen LogP contribution in [0.3, 0.4) is 0 Å². The zero-order chi connectivity index (χ0) is 17.5. The number of halogens is 1. The molecule has 0 aliphatic carbocycles. The second-order valence-electron chi connectivity index (χ2n) is 6.47. The van der Waals surface area contributed by atoms with E-state index in [1.165, 1.54) is 51.5 Å². The van der Waals surface area contributed by atoms with Crippen LogP contribution in [0.2, 0.25) is 0 Å². The summed E-state index contributed by atoms with van der Waals surface area (Å²) in [4.78, 5) is 2.60. The predicted octanol–water partition coefficient (Wildman–Crippen LogP) is 4.44. The minimum Gasteiger partial charge on any atom is -0.471 e. The van der Waals surface area contributed by atoms with Crippen molar-refractivity contribution >= 4 is 0 Å². The van der Waals surface area contributed by atoms with E-state index in [2.05, 4.69) is 40.6 Å². The molecule has 24 heavy (non-hydrogen) atoms. The molecule has 1 N–H and O–H groups in total. The Morgan fingerprint density at radius 2 is 2.04 bits per heavy atom. The van der Waals surface area contributed by atoms with Crippen molar-refractivity contribution in [3.63, 3.8) is 0 Å². The Hall–Kier alpha value is -1.13. The van der Waals surface area contributed by atoms with E-state index in [1.54, 1.807) is 0 Å². The van der Waals surface area contributed by atoms with Gasteiger partial charge in [0.2, 0.25) is 6.86 Å². The molecule has 0 radical (unpaired) electrons. The van der Waals surface area contributed by atoms with Gasteiger partial charge in [-0.3, -0.25) is 0 Å². The minimum absolute atomic E-state index is 0.262. The summed E-state index contributed by atoms with van der Waals surface area (Å²) in [5, 5.41) is 3.67. The Labute approximate surface area is 147 Å². The lowest BCUT2D eigenvalue weighted by Crippen LogP contribution is -2.43. The molecule has 3 nitrogen and oxygen atoms in total. The molecule has 1 heterocycles. The molecule has 1 aliphatic heterocycles. The lowest BCUT2D eigenvalue weighted by atomic mass is 10.1. The lowest BCUT2D eigenvalue weighted by molar-refractivity contribution is 0.140. The molecule has 0 aromatic heterocycles. The van der Waals surface area contributed by atoms with Gasteiger partial charge >= 0.3 is 0 Å². The van der Waals surface area contributed by atoms with E-state index in [-0.39, 0.29) is 5.92 Å². The van der Waals surface area contributed by atoms with Crippen molar-refractivity contribution in [2.75, 3.05) is 33.0 Å². The molecular weight excluding hydrogens is 303 g/mol. The van der Waals surface area contributed by atoms with Crippen molar-refractivity contribution in [3.05, 3.63) is 37.1 Å². The van der Waals surface area contributed by atoms with Gasteiger partial charge < -0.3 is 15.0 Å².